The van der Waals surface area contributed by atoms with Gasteiger partial charge in [0.25, 0.3) is 0 Å². The standard InChI is InChI=1S/C46H37O/c1-47-44-34-42(46(39-21-11-4-12-22-39,40-23-13-5-14-24-40)41-25-15-6-16-26-41)31-32-43(44)45(37-19-9-3-10-20-37)38-29-27-36(28-30-38)33-35-17-7-2-8-18-35/h2-32,34H,33H2,1H3. The molecule has 0 fully saturated rings. The smallest absolute Gasteiger partial charge is 0.123 e. The lowest BCUT2D eigenvalue weighted by Crippen LogP contribution is -2.31. The van der Waals surface area contributed by atoms with Gasteiger partial charge in [0.1, 0.15) is 5.75 Å². The van der Waals surface area contributed by atoms with Gasteiger partial charge in [-0.05, 0) is 57.0 Å². The number of rotatable bonds is 10. The zero-order valence-electron chi connectivity index (χ0n) is 26.6. The molecule has 0 aliphatic rings. The highest BCUT2D eigenvalue weighted by molar-refractivity contribution is 5.66. The molecule has 1 radical (unpaired) electrons. The first-order chi connectivity index (χ1) is 23.3. The van der Waals surface area contributed by atoms with Gasteiger partial charge < -0.3 is 4.74 Å². The molecule has 0 spiro atoms. The molecule has 0 aromatic heterocycles. The maximum Gasteiger partial charge on any atom is 0.123 e. The molecule has 47 heavy (non-hydrogen) atoms. The summed E-state index contributed by atoms with van der Waals surface area (Å²) in [4.78, 5) is 0. The predicted octanol–water partition coefficient (Wildman–Crippen LogP) is 10.7. The summed E-state index contributed by atoms with van der Waals surface area (Å²) in [5.74, 6) is 1.98. The van der Waals surface area contributed by atoms with Crippen molar-refractivity contribution in [2.24, 2.45) is 0 Å². The number of methoxy groups -OCH3 is 1. The molecule has 0 saturated carbocycles. The topological polar surface area (TPSA) is 9.23 Å². The summed E-state index contributed by atoms with van der Waals surface area (Å²) >= 11 is 0. The molecule has 0 N–H and O–H groups in total. The largest absolute Gasteiger partial charge is 0.496 e. The third-order valence-corrected chi connectivity index (χ3v) is 9.08. The van der Waals surface area contributed by atoms with Crippen LogP contribution in [0.5, 0.6) is 5.75 Å². The van der Waals surface area contributed by atoms with E-state index < -0.39 is 5.41 Å². The molecule has 1 nitrogen and oxygen atoms in total. The monoisotopic (exact) mass is 605 g/mol. The van der Waals surface area contributed by atoms with Crippen molar-refractivity contribution < 1.29 is 4.74 Å². The Morgan fingerprint density at radius 1 is 0.426 bits per heavy atom. The molecule has 0 aliphatic heterocycles. The molecule has 0 amide bonds. The van der Waals surface area contributed by atoms with Crippen LogP contribution in [-0.4, -0.2) is 7.11 Å². The normalized spacial score (nSPS) is 11.4. The Balaban J connectivity index is 1.39. The van der Waals surface area contributed by atoms with Crippen molar-refractivity contribution in [3.63, 3.8) is 0 Å². The fourth-order valence-corrected chi connectivity index (χ4v) is 6.90. The van der Waals surface area contributed by atoms with Gasteiger partial charge >= 0.3 is 0 Å². The molecule has 1 heteroatoms. The Labute approximate surface area is 278 Å². The van der Waals surface area contributed by atoms with Gasteiger partial charge in [-0.1, -0.05) is 188 Å². The van der Waals surface area contributed by atoms with Crippen molar-refractivity contribution in [2.45, 2.75) is 11.8 Å². The van der Waals surface area contributed by atoms with Crippen LogP contribution in [0.15, 0.2) is 194 Å². The van der Waals surface area contributed by atoms with E-state index in [0.29, 0.717) is 0 Å². The Kier molecular flexibility index (Phi) is 8.79. The summed E-state index contributed by atoms with van der Waals surface area (Å²) in [6.45, 7) is 0. The van der Waals surface area contributed by atoms with E-state index in [4.69, 9.17) is 4.74 Å². The highest BCUT2D eigenvalue weighted by atomic mass is 16.5. The Morgan fingerprint density at radius 3 is 1.34 bits per heavy atom. The predicted molar refractivity (Wildman–Crippen MR) is 194 cm³/mol. The Bertz CT molecular complexity index is 1900. The van der Waals surface area contributed by atoms with Crippen LogP contribution < -0.4 is 4.74 Å². The highest BCUT2D eigenvalue weighted by Gasteiger charge is 2.39. The minimum absolute atomic E-state index is 0.554. The van der Waals surface area contributed by atoms with Gasteiger partial charge in [0, 0.05) is 5.56 Å². The second-order valence-electron chi connectivity index (χ2n) is 11.9. The average molecular weight is 606 g/mol. The second kappa shape index (κ2) is 13.8. The van der Waals surface area contributed by atoms with Crippen LogP contribution in [0.25, 0.3) is 0 Å². The van der Waals surface area contributed by atoms with Crippen LogP contribution in [0.3, 0.4) is 0 Å². The first kappa shape index (κ1) is 30.0. The van der Waals surface area contributed by atoms with E-state index in [-0.39, 0.29) is 0 Å². The maximum atomic E-state index is 6.29. The van der Waals surface area contributed by atoms with Crippen molar-refractivity contribution in [1.82, 2.24) is 0 Å². The van der Waals surface area contributed by atoms with Gasteiger partial charge in [-0.25, -0.2) is 0 Å². The summed E-state index contributed by atoms with van der Waals surface area (Å²) < 4.78 is 6.29. The average Bonchev–Trinajstić information content (AvgIpc) is 3.15. The van der Waals surface area contributed by atoms with E-state index >= 15 is 0 Å². The van der Waals surface area contributed by atoms with Crippen LogP contribution in [0.4, 0.5) is 0 Å². The van der Waals surface area contributed by atoms with E-state index in [1.54, 1.807) is 7.11 Å². The number of hydrogen-bond acceptors (Lipinski definition) is 1. The summed E-state index contributed by atoms with van der Waals surface area (Å²) in [5.41, 5.74) is 10.1. The van der Waals surface area contributed by atoms with E-state index in [1.165, 1.54) is 27.8 Å². The van der Waals surface area contributed by atoms with Crippen molar-refractivity contribution in [1.29, 1.82) is 0 Å². The molecule has 7 aromatic rings. The van der Waals surface area contributed by atoms with Crippen molar-refractivity contribution in [3.8, 4) is 5.75 Å². The van der Waals surface area contributed by atoms with Gasteiger partial charge in [-0.15, -0.1) is 0 Å². The Morgan fingerprint density at radius 2 is 0.851 bits per heavy atom. The molecular formula is C46H37O. The van der Waals surface area contributed by atoms with Crippen LogP contribution in [-0.2, 0) is 11.8 Å². The summed E-state index contributed by atoms with van der Waals surface area (Å²) in [7, 11) is 1.78. The van der Waals surface area contributed by atoms with Gasteiger partial charge in [-0.2, -0.15) is 0 Å². The molecule has 0 heterocycles. The number of benzene rings is 7. The fraction of sp³-hybridized carbons (Fsp3) is 0.0652. The van der Waals surface area contributed by atoms with Crippen LogP contribution in [0.2, 0.25) is 0 Å². The van der Waals surface area contributed by atoms with Crippen molar-refractivity contribution in [3.05, 3.63) is 250 Å². The summed E-state index contributed by atoms with van der Waals surface area (Å²) in [6, 6.07) is 69.5. The van der Waals surface area contributed by atoms with E-state index in [9.17, 15) is 0 Å². The molecule has 0 atom stereocenters. The zero-order chi connectivity index (χ0) is 31.9. The van der Waals surface area contributed by atoms with Crippen LogP contribution >= 0.6 is 0 Å². The Hall–Kier alpha value is -5.66. The van der Waals surface area contributed by atoms with E-state index in [2.05, 4.69) is 194 Å². The molecule has 0 aliphatic carbocycles. The van der Waals surface area contributed by atoms with Crippen LogP contribution in [0.1, 0.15) is 50.1 Å². The molecular weight excluding hydrogens is 569 g/mol. The molecule has 0 saturated heterocycles. The number of ether oxygens (including phenoxy) is 1. The number of hydrogen-bond donors (Lipinski definition) is 0. The van der Waals surface area contributed by atoms with Crippen molar-refractivity contribution >= 4 is 0 Å². The van der Waals surface area contributed by atoms with E-state index in [0.717, 1.165) is 40.3 Å². The lowest BCUT2D eigenvalue weighted by Gasteiger charge is -2.37. The lowest BCUT2D eigenvalue weighted by molar-refractivity contribution is 0.410. The van der Waals surface area contributed by atoms with Crippen LogP contribution in [0, 0.1) is 5.92 Å². The second-order valence-corrected chi connectivity index (χ2v) is 11.9. The first-order valence-electron chi connectivity index (χ1n) is 16.2. The molecule has 0 unspecified atom stereocenters. The molecule has 0 bridgehead atoms. The summed E-state index contributed by atoms with van der Waals surface area (Å²) in [5, 5.41) is 0. The minimum atomic E-state index is -0.554. The minimum Gasteiger partial charge on any atom is -0.496 e. The van der Waals surface area contributed by atoms with Gasteiger partial charge in [0.15, 0.2) is 0 Å². The van der Waals surface area contributed by atoms with E-state index in [1.807, 2.05) is 0 Å². The molecule has 227 valence electrons. The quantitative estimate of drug-likeness (QED) is 0.141. The zero-order valence-corrected chi connectivity index (χ0v) is 26.6. The molecule has 7 aromatic carbocycles. The van der Waals surface area contributed by atoms with Gasteiger partial charge in [0.05, 0.1) is 18.4 Å². The third-order valence-electron chi connectivity index (χ3n) is 9.08. The first-order valence-corrected chi connectivity index (χ1v) is 16.2. The van der Waals surface area contributed by atoms with Gasteiger partial charge in [-0.3, -0.25) is 0 Å². The third kappa shape index (κ3) is 6.01. The van der Waals surface area contributed by atoms with Crippen molar-refractivity contribution in [2.75, 3.05) is 7.11 Å². The highest BCUT2D eigenvalue weighted by Crippen LogP contribution is 2.47. The lowest BCUT2D eigenvalue weighted by atomic mass is 9.65. The summed E-state index contributed by atoms with van der Waals surface area (Å²) in [6.07, 6.45) is 0.903. The fourth-order valence-electron chi connectivity index (χ4n) is 6.90. The maximum absolute atomic E-state index is 6.29. The van der Waals surface area contributed by atoms with Gasteiger partial charge in [0.2, 0.25) is 0 Å². The SMILES string of the molecule is COc1cc(C(c2ccccc2)(c2ccccc2)c2ccccc2)ccc1[C](c1ccccc1)c1ccc(Cc2ccccc2)cc1. The molecule has 7 rings (SSSR count).